The molecular weight excluding hydrogens is 205 g/mol. The van der Waals surface area contributed by atoms with Crippen LogP contribution < -0.4 is 0 Å². The maximum atomic E-state index is 9.92. The Balaban J connectivity index is 2.93. The van der Waals surface area contributed by atoms with Crippen molar-refractivity contribution in [2.45, 2.75) is 0 Å². The van der Waals surface area contributed by atoms with Crippen molar-refractivity contribution < 1.29 is 5.03 Å². The van der Waals surface area contributed by atoms with Gasteiger partial charge in [0.1, 0.15) is 10.3 Å². The summed E-state index contributed by atoms with van der Waals surface area (Å²) in [4.78, 5) is 13.5. The van der Waals surface area contributed by atoms with E-state index in [9.17, 15) is 10.1 Å². The molecule has 1 rings (SSSR count). The predicted octanol–water partition coefficient (Wildman–Crippen LogP) is 2.59. The summed E-state index contributed by atoms with van der Waals surface area (Å²) < 4.78 is 0. The van der Waals surface area contributed by atoms with E-state index in [0.29, 0.717) is 0 Å². The fraction of sp³-hybridized carbons (Fsp3) is 0. The molecule has 0 saturated heterocycles. The molecule has 0 atom stereocenters. The van der Waals surface area contributed by atoms with E-state index in [1.165, 1.54) is 12.1 Å². The van der Waals surface area contributed by atoms with Gasteiger partial charge in [-0.15, -0.1) is 0 Å². The Morgan fingerprint density at radius 1 is 1.42 bits per heavy atom. The number of hydrogen-bond acceptors (Lipinski definition) is 3. The quantitative estimate of drug-likeness (QED) is 0.425. The SMILES string of the molecule is O=[N+]([O-])[N-]c1cc(Cl)nc(Cl)c1. The summed E-state index contributed by atoms with van der Waals surface area (Å²) >= 11 is 10.9. The lowest BCUT2D eigenvalue weighted by Gasteiger charge is -2.09. The van der Waals surface area contributed by atoms with Crippen molar-refractivity contribution in [3.8, 4) is 0 Å². The first-order valence-electron chi connectivity index (χ1n) is 2.77. The molecule has 0 aliphatic heterocycles. The molecule has 0 saturated carbocycles. The van der Waals surface area contributed by atoms with Crippen molar-refractivity contribution in [1.29, 1.82) is 0 Å². The molecule has 5 nitrogen and oxygen atoms in total. The molecule has 7 heteroatoms. The highest BCUT2D eigenvalue weighted by Crippen LogP contribution is 2.24. The summed E-state index contributed by atoms with van der Waals surface area (Å²) in [5.41, 5.74) is 3.07. The molecule has 0 unspecified atom stereocenters. The zero-order chi connectivity index (χ0) is 9.14. The molecule has 64 valence electrons. The van der Waals surface area contributed by atoms with Gasteiger partial charge in [0.15, 0.2) is 0 Å². The van der Waals surface area contributed by atoms with Crippen molar-refractivity contribution in [2.75, 3.05) is 0 Å². The van der Waals surface area contributed by atoms with Crippen molar-refractivity contribution in [1.82, 2.24) is 4.98 Å². The van der Waals surface area contributed by atoms with Crippen LogP contribution in [0.25, 0.3) is 5.43 Å². The third-order valence-corrected chi connectivity index (χ3v) is 1.33. The van der Waals surface area contributed by atoms with Crippen LogP contribution in [0, 0.1) is 10.1 Å². The van der Waals surface area contributed by atoms with E-state index in [4.69, 9.17) is 23.2 Å². The maximum Gasteiger partial charge on any atom is 0.129 e. The lowest BCUT2D eigenvalue weighted by Crippen LogP contribution is -1.86. The van der Waals surface area contributed by atoms with Crippen molar-refractivity contribution >= 4 is 28.9 Å². The molecule has 0 bridgehead atoms. The molecule has 12 heavy (non-hydrogen) atoms. The number of nitro groups is 1. The molecule has 0 fully saturated rings. The van der Waals surface area contributed by atoms with Crippen molar-refractivity contribution in [3.63, 3.8) is 0 Å². The molecule has 1 aromatic heterocycles. The third kappa shape index (κ3) is 2.52. The smallest absolute Gasteiger partial charge is 0.129 e. The molecule has 0 aliphatic rings. The van der Waals surface area contributed by atoms with Gasteiger partial charge in [0, 0.05) is 0 Å². The summed E-state index contributed by atoms with van der Waals surface area (Å²) in [6.45, 7) is 0. The molecule has 0 amide bonds. The van der Waals surface area contributed by atoms with E-state index in [0.717, 1.165) is 0 Å². The Labute approximate surface area is 77.4 Å². The molecule has 0 radical (unpaired) electrons. The van der Waals surface area contributed by atoms with E-state index in [2.05, 4.69) is 10.4 Å². The first-order valence-corrected chi connectivity index (χ1v) is 3.52. The fourth-order valence-electron chi connectivity index (χ4n) is 0.604. The van der Waals surface area contributed by atoms with Gasteiger partial charge in [0.25, 0.3) is 0 Å². The third-order valence-electron chi connectivity index (χ3n) is 0.945. The molecule has 1 aromatic rings. The van der Waals surface area contributed by atoms with Crippen LogP contribution in [-0.2, 0) is 0 Å². The van der Waals surface area contributed by atoms with Gasteiger partial charge in [-0.3, -0.25) is 10.1 Å². The Morgan fingerprint density at radius 2 is 1.92 bits per heavy atom. The van der Waals surface area contributed by atoms with Gasteiger partial charge < -0.3 is 5.43 Å². The molecule has 0 spiro atoms. The minimum absolute atomic E-state index is 0.0723. The summed E-state index contributed by atoms with van der Waals surface area (Å²) in [6, 6.07) is 2.49. The lowest BCUT2D eigenvalue weighted by atomic mass is 10.4. The fourth-order valence-corrected chi connectivity index (χ4v) is 1.05. The van der Waals surface area contributed by atoms with Crippen molar-refractivity contribution in [2.24, 2.45) is 0 Å². The van der Waals surface area contributed by atoms with Gasteiger partial charge >= 0.3 is 0 Å². The van der Waals surface area contributed by atoms with Crippen LogP contribution in [-0.4, -0.2) is 10.0 Å². The molecule has 1 heterocycles. The van der Waals surface area contributed by atoms with Gasteiger partial charge in [0.05, 0.1) is 0 Å². The maximum absolute atomic E-state index is 9.92. The van der Waals surface area contributed by atoms with Crippen LogP contribution in [0.4, 0.5) is 5.69 Å². The van der Waals surface area contributed by atoms with E-state index >= 15 is 0 Å². The second-order valence-corrected chi connectivity index (χ2v) is 2.58. The number of rotatable bonds is 2. The average Bonchev–Trinajstić information content (AvgIpc) is 1.81. The van der Waals surface area contributed by atoms with Crippen LogP contribution in [0.15, 0.2) is 12.1 Å². The number of nitrogens with zero attached hydrogens (tertiary/aromatic N) is 3. The summed E-state index contributed by atoms with van der Waals surface area (Å²) in [7, 11) is 0. The highest BCUT2D eigenvalue weighted by Gasteiger charge is 1.94. The predicted molar refractivity (Wildman–Crippen MR) is 44.3 cm³/mol. The number of halogens is 2. The van der Waals surface area contributed by atoms with Crippen molar-refractivity contribution in [3.05, 3.63) is 38.0 Å². The highest BCUT2D eigenvalue weighted by atomic mass is 35.5. The van der Waals surface area contributed by atoms with Crippen LogP contribution in [0.1, 0.15) is 0 Å². The number of pyridine rings is 1. The normalized spacial score (nSPS) is 9.50. The zero-order valence-electron chi connectivity index (χ0n) is 5.57. The van der Waals surface area contributed by atoms with Gasteiger partial charge in [-0.1, -0.05) is 28.9 Å². The number of aromatic nitrogens is 1. The average molecular weight is 207 g/mol. The van der Waals surface area contributed by atoms with Crippen LogP contribution in [0.3, 0.4) is 0 Å². The first kappa shape index (κ1) is 9.02. The second-order valence-electron chi connectivity index (χ2n) is 1.81. The van der Waals surface area contributed by atoms with E-state index in [-0.39, 0.29) is 16.0 Å². The highest BCUT2D eigenvalue weighted by molar-refractivity contribution is 6.32. The largest absolute Gasteiger partial charge is 0.349 e. The zero-order valence-corrected chi connectivity index (χ0v) is 7.08. The first-order chi connectivity index (χ1) is 5.58. The summed E-state index contributed by atoms with van der Waals surface area (Å²) in [6.07, 6.45) is 0. The van der Waals surface area contributed by atoms with Gasteiger partial charge in [-0.2, -0.15) is 0 Å². The lowest BCUT2D eigenvalue weighted by molar-refractivity contribution is -0.418. The molecule has 0 aromatic carbocycles. The summed E-state index contributed by atoms with van der Waals surface area (Å²) in [5, 5.41) is 9.24. The minimum Gasteiger partial charge on any atom is -0.349 e. The van der Waals surface area contributed by atoms with Gasteiger partial charge in [0.2, 0.25) is 0 Å². The van der Waals surface area contributed by atoms with Gasteiger partial charge in [-0.25, -0.2) is 4.98 Å². The topological polar surface area (TPSA) is 70.1 Å². The standard InChI is InChI=1S/C5H2Cl2N3O2/c6-4-1-3(9-10(11)12)2-5(7)8-4/h1-2H/q-1. The van der Waals surface area contributed by atoms with Crippen LogP contribution >= 0.6 is 23.2 Å². The van der Waals surface area contributed by atoms with Gasteiger partial charge in [-0.05, 0) is 17.2 Å². The summed E-state index contributed by atoms with van der Waals surface area (Å²) in [5.74, 6) is 0. The van der Waals surface area contributed by atoms with E-state index in [1.54, 1.807) is 0 Å². The Bertz CT molecular complexity index is 297. The minimum atomic E-state index is -0.831. The number of hydrogen-bond donors (Lipinski definition) is 0. The molecular formula is C5H2Cl2N3O2-. The second kappa shape index (κ2) is 3.55. The van der Waals surface area contributed by atoms with Crippen LogP contribution in [0.5, 0.6) is 0 Å². The Kier molecular flexibility index (Phi) is 2.67. The molecule has 0 N–H and O–H groups in total. The van der Waals surface area contributed by atoms with E-state index in [1.807, 2.05) is 0 Å². The molecule has 0 aliphatic carbocycles. The Morgan fingerprint density at radius 3 is 2.33 bits per heavy atom. The van der Waals surface area contributed by atoms with E-state index < -0.39 is 5.03 Å². The van der Waals surface area contributed by atoms with Crippen LogP contribution in [0.2, 0.25) is 10.3 Å². The Hall–Kier alpha value is -1.07. The monoisotopic (exact) mass is 206 g/mol.